The molecule has 0 fully saturated rings. The van der Waals surface area contributed by atoms with E-state index in [1.165, 1.54) is 0 Å². The van der Waals surface area contributed by atoms with Crippen LogP contribution in [0.15, 0.2) is 0 Å². The van der Waals surface area contributed by atoms with Crippen LogP contribution in [0.25, 0.3) is 0 Å². The molecule has 0 saturated heterocycles. The van der Waals surface area contributed by atoms with E-state index in [1.54, 1.807) is 6.92 Å². The van der Waals surface area contributed by atoms with Gasteiger partial charge in [0, 0.05) is 0 Å². The average molecular weight is 204 g/mol. The van der Waals surface area contributed by atoms with E-state index in [-0.39, 0.29) is 24.2 Å². The van der Waals surface area contributed by atoms with Crippen molar-refractivity contribution in [3.8, 4) is 12.3 Å². The van der Waals surface area contributed by atoms with E-state index in [2.05, 4.69) is 5.92 Å². The van der Waals surface area contributed by atoms with E-state index in [9.17, 15) is 4.79 Å². The van der Waals surface area contributed by atoms with Gasteiger partial charge in [0.1, 0.15) is 5.78 Å². The molecule has 0 amide bonds. The normalized spacial score (nSPS) is 12.1. The maximum Gasteiger partial charge on any atom is 0.147 e. The third kappa shape index (κ3) is 4.92. The van der Waals surface area contributed by atoms with Crippen molar-refractivity contribution in [2.45, 2.75) is 26.8 Å². The molecule has 0 aromatic heterocycles. The fourth-order valence-electron chi connectivity index (χ4n) is 1.53. The van der Waals surface area contributed by atoms with Crippen LogP contribution in [0.3, 0.4) is 0 Å². The summed E-state index contributed by atoms with van der Waals surface area (Å²) in [6, 6.07) is -0.0407. The Labute approximate surface area is 87.1 Å². The monoisotopic (exact) mass is 203 g/mol. The van der Waals surface area contributed by atoms with Gasteiger partial charge in [-0.3, -0.25) is 9.69 Å². The van der Waals surface area contributed by atoms with Crippen molar-refractivity contribution in [3.63, 3.8) is 0 Å². The molecule has 0 bridgehead atoms. The van der Waals surface area contributed by atoms with Crippen LogP contribution in [0.5, 0.6) is 0 Å². The van der Waals surface area contributed by atoms with Crippen molar-refractivity contribution in [3.05, 3.63) is 0 Å². The molecule has 13 heavy (non-hydrogen) atoms. The average Bonchev–Trinajstić information content (AvgIpc) is 1.85. The molecule has 1 atom stereocenters. The van der Waals surface area contributed by atoms with Gasteiger partial charge in [-0.15, -0.1) is 18.8 Å². The number of Topliss-reactive ketones (excluding diaryl/α,β-unsaturated/α-hetero) is 1. The maximum atomic E-state index is 11.2. The van der Waals surface area contributed by atoms with Crippen molar-refractivity contribution in [1.29, 1.82) is 0 Å². The van der Waals surface area contributed by atoms with Gasteiger partial charge in [-0.25, -0.2) is 0 Å². The minimum absolute atomic E-state index is 0. The summed E-state index contributed by atoms with van der Waals surface area (Å²) in [7, 11) is 1.88. The minimum Gasteiger partial charge on any atom is -0.298 e. The molecular weight excluding hydrogens is 186 g/mol. The minimum atomic E-state index is -0.0407. The van der Waals surface area contributed by atoms with Gasteiger partial charge in [-0.1, -0.05) is 19.8 Å². The van der Waals surface area contributed by atoms with Gasteiger partial charge < -0.3 is 0 Å². The van der Waals surface area contributed by atoms with E-state index in [0.29, 0.717) is 12.5 Å². The molecule has 3 heteroatoms. The summed E-state index contributed by atoms with van der Waals surface area (Å²) in [6.45, 7) is 6.19. The van der Waals surface area contributed by atoms with Crippen LogP contribution < -0.4 is 0 Å². The number of halogens is 1. The SMILES string of the molecule is C#CCN(C)C(C(C)=O)C(C)C.Cl. The first-order valence-corrected chi connectivity index (χ1v) is 4.14. The smallest absolute Gasteiger partial charge is 0.147 e. The van der Waals surface area contributed by atoms with Crippen molar-refractivity contribution >= 4 is 18.2 Å². The van der Waals surface area contributed by atoms with Gasteiger partial charge >= 0.3 is 0 Å². The van der Waals surface area contributed by atoms with Crippen molar-refractivity contribution in [2.75, 3.05) is 13.6 Å². The highest BCUT2D eigenvalue weighted by molar-refractivity contribution is 5.85. The molecule has 1 unspecified atom stereocenters. The number of hydrogen-bond acceptors (Lipinski definition) is 2. The van der Waals surface area contributed by atoms with Gasteiger partial charge in [-0.05, 0) is 19.9 Å². The lowest BCUT2D eigenvalue weighted by atomic mass is 9.99. The van der Waals surface area contributed by atoms with Gasteiger partial charge in [-0.2, -0.15) is 0 Å². The standard InChI is InChI=1S/C10H17NO.ClH/c1-6-7-11(5)10(8(2)3)9(4)12;/h1,8,10H,7H2,2-5H3;1H. The first kappa shape index (κ1) is 15.0. The Balaban J connectivity index is 0. The number of likely N-dealkylation sites (N-methyl/N-ethyl adjacent to an activating group) is 1. The summed E-state index contributed by atoms with van der Waals surface area (Å²) in [5, 5.41) is 0. The molecule has 2 nitrogen and oxygen atoms in total. The predicted molar refractivity (Wildman–Crippen MR) is 58.0 cm³/mol. The lowest BCUT2D eigenvalue weighted by Gasteiger charge is -2.27. The third-order valence-corrected chi connectivity index (χ3v) is 1.86. The Kier molecular flexibility index (Phi) is 7.99. The van der Waals surface area contributed by atoms with Gasteiger partial charge in [0.25, 0.3) is 0 Å². The molecule has 0 saturated carbocycles. The Morgan fingerprint density at radius 2 is 2.00 bits per heavy atom. The first-order valence-electron chi connectivity index (χ1n) is 4.14. The van der Waals surface area contributed by atoms with Crippen LogP contribution in [-0.2, 0) is 4.79 Å². The lowest BCUT2D eigenvalue weighted by Crippen LogP contribution is -2.41. The molecule has 0 aromatic rings. The molecule has 76 valence electrons. The van der Waals surface area contributed by atoms with E-state index >= 15 is 0 Å². The van der Waals surface area contributed by atoms with Crippen LogP contribution >= 0.6 is 12.4 Å². The molecule has 0 rings (SSSR count). The Hall–Kier alpha value is -0.520. The van der Waals surface area contributed by atoms with Crippen LogP contribution in [0, 0.1) is 18.3 Å². The van der Waals surface area contributed by atoms with Crippen LogP contribution in [0.1, 0.15) is 20.8 Å². The number of carbonyl (C=O) groups excluding carboxylic acids is 1. The van der Waals surface area contributed by atoms with Crippen molar-refractivity contribution < 1.29 is 4.79 Å². The fourth-order valence-corrected chi connectivity index (χ4v) is 1.53. The van der Waals surface area contributed by atoms with Gasteiger partial charge in [0.2, 0.25) is 0 Å². The highest BCUT2D eigenvalue weighted by atomic mass is 35.5. The first-order chi connectivity index (χ1) is 5.50. The molecule has 0 N–H and O–H groups in total. The molecule has 0 aromatic carbocycles. The summed E-state index contributed by atoms with van der Waals surface area (Å²) in [5.41, 5.74) is 0. The fraction of sp³-hybridized carbons (Fsp3) is 0.700. The molecular formula is C10H18ClNO. The van der Waals surface area contributed by atoms with Gasteiger partial charge in [0.05, 0.1) is 12.6 Å². The number of carbonyl (C=O) groups is 1. The topological polar surface area (TPSA) is 20.3 Å². The Morgan fingerprint density at radius 1 is 1.54 bits per heavy atom. The second kappa shape index (κ2) is 6.94. The quantitative estimate of drug-likeness (QED) is 0.647. The van der Waals surface area contributed by atoms with E-state index < -0.39 is 0 Å². The predicted octanol–water partition coefficient (Wildman–Crippen LogP) is 1.59. The second-order valence-electron chi connectivity index (χ2n) is 3.42. The molecule has 0 aliphatic carbocycles. The second-order valence-corrected chi connectivity index (χ2v) is 3.42. The molecule has 0 heterocycles. The number of nitrogens with zero attached hydrogens (tertiary/aromatic N) is 1. The van der Waals surface area contributed by atoms with E-state index in [4.69, 9.17) is 6.42 Å². The molecule has 0 aliphatic rings. The number of ketones is 1. The van der Waals surface area contributed by atoms with E-state index in [0.717, 1.165) is 0 Å². The molecule has 0 radical (unpaired) electrons. The third-order valence-electron chi connectivity index (χ3n) is 1.86. The number of hydrogen-bond donors (Lipinski definition) is 0. The number of terminal acetylenes is 1. The summed E-state index contributed by atoms with van der Waals surface area (Å²) >= 11 is 0. The summed E-state index contributed by atoms with van der Waals surface area (Å²) in [5.74, 6) is 3.03. The Morgan fingerprint density at radius 3 is 2.23 bits per heavy atom. The van der Waals surface area contributed by atoms with E-state index in [1.807, 2.05) is 25.8 Å². The lowest BCUT2D eigenvalue weighted by molar-refractivity contribution is -0.122. The highest BCUT2D eigenvalue weighted by Crippen LogP contribution is 2.09. The van der Waals surface area contributed by atoms with Crippen LogP contribution in [-0.4, -0.2) is 30.3 Å². The van der Waals surface area contributed by atoms with Crippen LogP contribution in [0.2, 0.25) is 0 Å². The number of rotatable bonds is 4. The summed E-state index contributed by atoms with van der Waals surface area (Å²) in [6.07, 6.45) is 5.16. The zero-order valence-corrected chi connectivity index (χ0v) is 9.52. The molecule has 0 aliphatic heterocycles. The summed E-state index contributed by atoms with van der Waals surface area (Å²) in [4.78, 5) is 13.1. The maximum absolute atomic E-state index is 11.2. The van der Waals surface area contributed by atoms with Crippen LogP contribution in [0.4, 0.5) is 0 Å². The van der Waals surface area contributed by atoms with Crippen molar-refractivity contribution in [1.82, 2.24) is 4.90 Å². The largest absolute Gasteiger partial charge is 0.298 e. The summed E-state index contributed by atoms with van der Waals surface area (Å²) < 4.78 is 0. The zero-order chi connectivity index (χ0) is 9.72. The zero-order valence-electron chi connectivity index (χ0n) is 8.70. The highest BCUT2D eigenvalue weighted by Gasteiger charge is 2.21. The molecule has 0 spiro atoms. The van der Waals surface area contributed by atoms with Crippen molar-refractivity contribution in [2.24, 2.45) is 5.92 Å². The van der Waals surface area contributed by atoms with Gasteiger partial charge in [0.15, 0.2) is 0 Å². The Bertz CT molecular complexity index is 196.